The van der Waals surface area contributed by atoms with Gasteiger partial charge >= 0.3 is 23.9 Å². The van der Waals surface area contributed by atoms with Crippen molar-refractivity contribution < 1.29 is 76.3 Å². The van der Waals surface area contributed by atoms with E-state index in [1.807, 2.05) is 79.7 Å². The maximum Gasteiger partial charge on any atom is 0.329 e. The van der Waals surface area contributed by atoms with Crippen molar-refractivity contribution in [2.75, 3.05) is 68.8 Å². The molecule has 2 aromatic heterocycles. The predicted molar refractivity (Wildman–Crippen MR) is 333 cm³/mol. The smallest absolute Gasteiger partial charge is 0.329 e. The molecular weight excluding hydrogens is 1160 g/mol. The van der Waals surface area contributed by atoms with Crippen LogP contribution in [-0.2, 0) is 92.7 Å². The molecule has 5 rings (SSSR count). The third kappa shape index (κ3) is 21.7. The molecule has 4 aromatic rings. The number of benzene rings is 2. The van der Waals surface area contributed by atoms with Crippen LogP contribution in [0.25, 0.3) is 0 Å². The summed E-state index contributed by atoms with van der Waals surface area (Å²) in [5, 5.41) is 8.79. The first-order valence-corrected chi connectivity index (χ1v) is 30.9. The summed E-state index contributed by atoms with van der Waals surface area (Å²) < 4.78 is 49.2. The summed E-state index contributed by atoms with van der Waals surface area (Å²) in [6, 6.07) is 9.25. The quantitative estimate of drug-likeness (QED) is 0.0429. The minimum absolute atomic E-state index is 0.0623. The second kappa shape index (κ2) is 34.9. The number of aromatic nitrogens is 4. The molecule has 496 valence electrons. The van der Waals surface area contributed by atoms with Crippen LogP contribution in [0, 0.1) is 23.7 Å². The summed E-state index contributed by atoms with van der Waals surface area (Å²) in [5.41, 5.74) is 2.88. The van der Waals surface area contributed by atoms with E-state index in [-0.39, 0.29) is 62.2 Å². The average Bonchev–Trinajstić information content (AvgIpc) is 1.25. The minimum atomic E-state index is -1.57. The molecule has 1 aliphatic heterocycles. The zero-order valence-electron chi connectivity index (χ0n) is 55.5. The van der Waals surface area contributed by atoms with Crippen LogP contribution < -0.4 is 9.47 Å². The number of carbonyl (C=O) groups is 8. The van der Waals surface area contributed by atoms with Crippen molar-refractivity contribution >= 4 is 47.5 Å². The van der Waals surface area contributed by atoms with Gasteiger partial charge in [0.05, 0.1) is 51.1 Å². The topological polar surface area (TPSA) is 259 Å². The molecule has 2 aromatic carbocycles. The first-order chi connectivity index (χ1) is 42.6. The van der Waals surface area contributed by atoms with Gasteiger partial charge in [-0.15, -0.1) is 0 Å². The lowest BCUT2D eigenvalue weighted by Crippen LogP contribution is -2.55. The summed E-state index contributed by atoms with van der Waals surface area (Å²) in [7, 11) is 8.71. The third-order valence-electron chi connectivity index (χ3n) is 15.4. The lowest BCUT2D eigenvalue weighted by atomic mass is 9.99. The zero-order valence-corrected chi connectivity index (χ0v) is 55.5. The van der Waals surface area contributed by atoms with Gasteiger partial charge in [0.2, 0.25) is 0 Å². The van der Waals surface area contributed by atoms with Crippen molar-refractivity contribution in [3.05, 3.63) is 95.6 Å². The molecule has 90 heavy (non-hydrogen) atoms. The molecule has 0 N–H and O–H groups in total. The molecule has 1 aliphatic rings. The number of hydrogen-bond donors (Lipinski definition) is 0. The molecule has 3 heterocycles. The van der Waals surface area contributed by atoms with Gasteiger partial charge in [0, 0.05) is 55.3 Å². The van der Waals surface area contributed by atoms with Gasteiger partial charge in [-0.1, -0.05) is 104 Å². The highest BCUT2D eigenvalue weighted by Gasteiger charge is 2.43. The molecular formula is C66H96N8O16. The van der Waals surface area contributed by atoms with Crippen LogP contribution in [0.15, 0.2) is 73.3 Å². The lowest BCUT2D eigenvalue weighted by molar-refractivity contribution is -0.176. The monoisotopic (exact) mass is 1260 g/mol. The molecule has 0 unspecified atom stereocenters. The van der Waals surface area contributed by atoms with Crippen LogP contribution in [0.2, 0.25) is 0 Å². The number of esters is 4. The van der Waals surface area contributed by atoms with E-state index in [4.69, 9.17) is 37.9 Å². The van der Waals surface area contributed by atoms with Gasteiger partial charge in [-0.2, -0.15) is 10.2 Å². The zero-order chi connectivity index (χ0) is 66.5. The van der Waals surface area contributed by atoms with Gasteiger partial charge in [-0.3, -0.25) is 28.5 Å². The van der Waals surface area contributed by atoms with Crippen LogP contribution in [0.1, 0.15) is 117 Å². The SMILES string of the molecule is COCCOc1cnn(Cc2ccc(C[C@H]3OC(=O)[C@H](CC(C)C)N(C)C(=O)[C@@H](C)OC(=O)[C@H](CC(C)C)N(C)C(=O)[C@@H](Cc4ccc(Cn5cc(OCCOC)cn5)cc4)OC(=O)[C@H](CC(C)C)N(C)C(=O)[C@@H](C)OC(=O)[C@H](CC(C)C)N(C)C3=O)cc2)c1. The maximum absolute atomic E-state index is 15.1. The molecule has 0 aliphatic carbocycles. The van der Waals surface area contributed by atoms with Crippen molar-refractivity contribution in [1.82, 2.24) is 39.2 Å². The largest absolute Gasteiger partial charge is 0.488 e. The number of carbonyl (C=O) groups excluding carboxylic acids is 8. The summed E-state index contributed by atoms with van der Waals surface area (Å²) in [6.07, 6.45) is 0.482. The first-order valence-electron chi connectivity index (χ1n) is 30.9. The van der Waals surface area contributed by atoms with Crippen LogP contribution >= 0.6 is 0 Å². The number of likely N-dealkylation sites (N-methyl/N-ethyl adjacent to an activating group) is 4. The Morgan fingerprint density at radius 2 is 0.689 bits per heavy atom. The van der Waals surface area contributed by atoms with Gasteiger partial charge in [0.15, 0.2) is 35.9 Å². The van der Waals surface area contributed by atoms with E-state index in [0.717, 1.165) is 30.7 Å². The molecule has 0 radical (unpaired) electrons. The fourth-order valence-corrected chi connectivity index (χ4v) is 10.3. The summed E-state index contributed by atoms with van der Waals surface area (Å²) in [5.74, 6) is -6.52. The predicted octanol–water partition coefficient (Wildman–Crippen LogP) is 6.20. The van der Waals surface area contributed by atoms with Crippen LogP contribution in [0.5, 0.6) is 11.5 Å². The Kier molecular flexibility index (Phi) is 28.3. The van der Waals surface area contributed by atoms with E-state index in [1.54, 1.807) is 72.6 Å². The Morgan fingerprint density at radius 3 is 0.978 bits per heavy atom. The molecule has 8 atom stereocenters. The van der Waals surface area contributed by atoms with Crippen LogP contribution in [0.3, 0.4) is 0 Å². The van der Waals surface area contributed by atoms with E-state index in [0.29, 0.717) is 62.1 Å². The molecule has 1 saturated heterocycles. The van der Waals surface area contributed by atoms with Crippen molar-refractivity contribution in [3.63, 3.8) is 0 Å². The summed E-state index contributed by atoms with van der Waals surface area (Å²) >= 11 is 0. The second-order valence-corrected chi connectivity index (χ2v) is 24.9. The number of rotatable bonds is 24. The number of amides is 4. The molecule has 0 bridgehead atoms. The Labute approximate surface area is 530 Å². The van der Waals surface area contributed by atoms with Crippen molar-refractivity contribution in [2.45, 2.75) is 169 Å². The maximum atomic E-state index is 15.1. The number of cyclic esters (lactones) is 4. The highest BCUT2D eigenvalue weighted by atomic mass is 16.6. The Bertz CT molecular complexity index is 2770. The average molecular weight is 1260 g/mol. The van der Waals surface area contributed by atoms with E-state index in [9.17, 15) is 28.8 Å². The van der Waals surface area contributed by atoms with Gasteiger partial charge in [0.25, 0.3) is 23.6 Å². The van der Waals surface area contributed by atoms with E-state index >= 15 is 9.59 Å². The molecule has 1 fully saturated rings. The summed E-state index contributed by atoms with van der Waals surface area (Å²) in [6.45, 7) is 19.8. The van der Waals surface area contributed by atoms with E-state index in [2.05, 4.69) is 10.2 Å². The van der Waals surface area contributed by atoms with Crippen molar-refractivity contribution in [3.8, 4) is 11.5 Å². The lowest BCUT2D eigenvalue weighted by Gasteiger charge is -2.35. The molecule has 24 nitrogen and oxygen atoms in total. The highest BCUT2D eigenvalue weighted by molar-refractivity contribution is 5.94. The molecule has 24 heteroatoms. The highest BCUT2D eigenvalue weighted by Crippen LogP contribution is 2.25. The van der Waals surface area contributed by atoms with E-state index < -0.39 is 96.1 Å². The number of methoxy groups -OCH3 is 2. The van der Waals surface area contributed by atoms with Crippen molar-refractivity contribution in [2.24, 2.45) is 23.7 Å². The van der Waals surface area contributed by atoms with Gasteiger partial charge in [-0.05, 0) is 85.5 Å². The Hall–Kier alpha value is -7.86. The number of hydrogen-bond acceptors (Lipinski definition) is 18. The Balaban J connectivity index is 1.55. The van der Waals surface area contributed by atoms with E-state index in [1.165, 1.54) is 42.0 Å². The molecule has 4 amide bonds. The normalized spacial score (nSPS) is 21.9. The fourth-order valence-electron chi connectivity index (χ4n) is 10.3. The minimum Gasteiger partial charge on any atom is -0.488 e. The molecule has 0 saturated carbocycles. The number of ether oxygens (including phenoxy) is 8. The van der Waals surface area contributed by atoms with Crippen LogP contribution in [0.4, 0.5) is 0 Å². The standard InChI is InChI=1S/C66H96N8O16/c1-41(2)29-53-63(79)87-45(9)59(75)69(11)56(32-44(7)8)66(82)90-58(34-48-19-23-50(24-20-48)38-74-40-52(36-68-74)86-28-26-84-16)62(78)72(14)54(30-42(3)4)64(80)88-46(10)60(76)70(12)55(31-43(5)6)65(81)89-57(61(77)71(53)13)33-47-17-21-49(22-18-47)37-73-39-51(35-67-73)85-27-25-83-15/h17-24,35-36,39-46,53-58H,25-34,37-38H2,1-16H3/t45-,46-,53+,54+,55+,56+,57-,58-/m1/s1. The first kappa shape index (κ1) is 72.9. The van der Waals surface area contributed by atoms with Gasteiger partial charge in [0.1, 0.15) is 37.4 Å². The van der Waals surface area contributed by atoms with Gasteiger partial charge in [-0.25, -0.2) is 19.2 Å². The van der Waals surface area contributed by atoms with Crippen LogP contribution in [-0.4, -0.2) is 204 Å². The van der Waals surface area contributed by atoms with Gasteiger partial charge < -0.3 is 57.5 Å². The van der Waals surface area contributed by atoms with Crippen molar-refractivity contribution in [1.29, 1.82) is 0 Å². The Morgan fingerprint density at radius 1 is 0.411 bits per heavy atom. The second-order valence-electron chi connectivity index (χ2n) is 24.9. The summed E-state index contributed by atoms with van der Waals surface area (Å²) in [4.78, 5) is 123. The molecule has 0 spiro atoms. The third-order valence-corrected chi connectivity index (χ3v) is 15.4. The number of nitrogens with zero attached hydrogens (tertiary/aromatic N) is 8. The fraction of sp³-hybridized carbons (Fsp3) is 0.606.